The summed E-state index contributed by atoms with van der Waals surface area (Å²) in [5, 5.41) is 0. The fourth-order valence-electron chi connectivity index (χ4n) is 0.778. The van der Waals surface area contributed by atoms with E-state index in [0.717, 1.165) is 6.26 Å². The van der Waals surface area contributed by atoms with Gasteiger partial charge in [0.2, 0.25) is 10.0 Å². The van der Waals surface area contributed by atoms with E-state index in [1.54, 1.807) is 6.92 Å². The van der Waals surface area contributed by atoms with Crippen LogP contribution in [-0.2, 0) is 19.9 Å². The molecule has 0 aromatic heterocycles. The first-order valence-electron chi connectivity index (χ1n) is 4.35. The maximum absolute atomic E-state index is 11.5. The molecule has 0 atom stereocenters. The van der Waals surface area contributed by atoms with Crippen LogP contribution in [0.4, 0.5) is 0 Å². The number of alkyl halides is 2. The lowest BCUT2D eigenvalue weighted by Gasteiger charge is -2.25. The van der Waals surface area contributed by atoms with Gasteiger partial charge >= 0.3 is 0 Å². The number of sulfonamides is 1. The van der Waals surface area contributed by atoms with Gasteiger partial charge in [-0.15, -0.1) is 23.2 Å². The quantitative estimate of drug-likeness (QED) is 0.680. The summed E-state index contributed by atoms with van der Waals surface area (Å²) in [6.45, 7) is 1.55. The molecule has 0 amide bonds. The second kappa shape index (κ2) is 5.86. The van der Waals surface area contributed by atoms with Gasteiger partial charge in [-0.3, -0.25) is 0 Å². The Balaban J connectivity index is 4.59. The monoisotopic (exact) mass is 311 g/mol. The molecule has 98 valence electrons. The van der Waals surface area contributed by atoms with E-state index >= 15 is 0 Å². The lowest BCUT2D eigenvalue weighted by Crippen LogP contribution is -2.50. The van der Waals surface area contributed by atoms with Crippen molar-refractivity contribution in [2.45, 2.75) is 12.5 Å². The lowest BCUT2D eigenvalue weighted by molar-refractivity contribution is 0.500. The summed E-state index contributed by atoms with van der Waals surface area (Å²) in [5.74, 6) is -0.901. The maximum Gasteiger partial charge on any atom is 0.213 e. The number of sulfone groups is 1. The SMILES string of the molecule is CC(CCl)(CCl)NS(=O)(=O)CCS(C)(=O)=O. The van der Waals surface area contributed by atoms with Crippen molar-refractivity contribution in [3.63, 3.8) is 0 Å². The van der Waals surface area contributed by atoms with Crippen molar-refractivity contribution in [2.24, 2.45) is 0 Å². The first-order valence-corrected chi connectivity index (χ1v) is 9.13. The first kappa shape index (κ1) is 16.4. The Kier molecular flexibility index (Phi) is 6.02. The van der Waals surface area contributed by atoms with Gasteiger partial charge in [0.1, 0.15) is 9.84 Å². The molecule has 16 heavy (non-hydrogen) atoms. The summed E-state index contributed by atoms with van der Waals surface area (Å²) in [4.78, 5) is 0. The van der Waals surface area contributed by atoms with Gasteiger partial charge in [0.25, 0.3) is 0 Å². The fourth-order valence-corrected chi connectivity index (χ4v) is 4.44. The van der Waals surface area contributed by atoms with Crippen molar-refractivity contribution < 1.29 is 16.8 Å². The molecule has 0 aliphatic carbocycles. The minimum absolute atomic E-state index is 0.00854. The highest BCUT2D eigenvalue weighted by Crippen LogP contribution is 2.10. The number of halogens is 2. The molecule has 0 rings (SSSR count). The largest absolute Gasteiger partial charge is 0.229 e. The zero-order valence-electron chi connectivity index (χ0n) is 9.03. The lowest BCUT2D eigenvalue weighted by atomic mass is 10.1. The molecule has 0 aliphatic rings. The van der Waals surface area contributed by atoms with Crippen molar-refractivity contribution >= 4 is 43.1 Å². The van der Waals surface area contributed by atoms with Crippen molar-refractivity contribution in [3.8, 4) is 0 Å². The number of hydrogen-bond donors (Lipinski definition) is 1. The number of nitrogens with one attached hydrogen (secondary N) is 1. The van der Waals surface area contributed by atoms with Crippen LogP contribution in [0.25, 0.3) is 0 Å². The van der Waals surface area contributed by atoms with Crippen LogP contribution in [0.5, 0.6) is 0 Å². The first-order chi connectivity index (χ1) is 7.04. The zero-order valence-corrected chi connectivity index (χ0v) is 12.2. The van der Waals surface area contributed by atoms with Crippen LogP contribution >= 0.6 is 23.2 Å². The molecule has 0 aromatic rings. The van der Waals surface area contributed by atoms with Crippen LogP contribution in [0.2, 0.25) is 0 Å². The molecule has 0 spiro atoms. The molecule has 0 aromatic carbocycles. The van der Waals surface area contributed by atoms with Crippen molar-refractivity contribution in [1.82, 2.24) is 4.72 Å². The Morgan fingerprint density at radius 2 is 1.50 bits per heavy atom. The molecule has 0 radical (unpaired) electrons. The predicted octanol–water partition coefficient (Wildman–Crippen LogP) is 0.187. The Labute approximate surface area is 106 Å². The van der Waals surface area contributed by atoms with Gasteiger partial charge < -0.3 is 0 Å². The standard InChI is InChI=1S/C7H15Cl2NO4S2/c1-7(5-8,6-9)10-16(13,14)4-3-15(2,11)12/h10H,3-6H2,1-2H3. The van der Waals surface area contributed by atoms with E-state index in [9.17, 15) is 16.8 Å². The maximum atomic E-state index is 11.5. The van der Waals surface area contributed by atoms with Crippen molar-refractivity contribution in [3.05, 3.63) is 0 Å². The molecule has 1 N–H and O–H groups in total. The normalized spacial score (nSPS) is 14.0. The van der Waals surface area contributed by atoms with E-state index in [1.807, 2.05) is 0 Å². The van der Waals surface area contributed by atoms with E-state index in [2.05, 4.69) is 4.72 Å². The minimum Gasteiger partial charge on any atom is -0.229 e. The average Bonchev–Trinajstić information content (AvgIpc) is 2.13. The summed E-state index contributed by atoms with van der Waals surface area (Å²) >= 11 is 11.2. The highest BCUT2D eigenvalue weighted by atomic mass is 35.5. The van der Waals surface area contributed by atoms with Gasteiger partial charge in [-0.05, 0) is 6.92 Å². The third-order valence-corrected chi connectivity index (χ3v) is 5.64. The minimum atomic E-state index is -3.69. The Hall–Kier alpha value is 0.440. The molecular formula is C7H15Cl2NO4S2. The Bertz CT molecular complexity index is 414. The molecule has 0 aliphatic heterocycles. The molecule has 0 saturated heterocycles. The molecule has 9 heteroatoms. The van der Waals surface area contributed by atoms with Gasteiger partial charge in [0, 0.05) is 18.0 Å². The summed E-state index contributed by atoms with van der Waals surface area (Å²) < 4.78 is 47.0. The molecular weight excluding hydrogens is 297 g/mol. The van der Waals surface area contributed by atoms with Gasteiger partial charge in [-0.1, -0.05) is 0 Å². The molecule has 0 fully saturated rings. The van der Waals surface area contributed by atoms with Crippen molar-refractivity contribution in [1.29, 1.82) is 0 Å². The van der Waals surface area contributed by atoms with Gasteiger partial charge in [-0.2, -0.15) is 0 Å². The van der Waals surface area contributed by atoms with E-state index in [4.69, 9.17) is 23.2 Å². The zero-order chi connectivity index (χ0) is 13.0. The molecule has 5 nitrogen and oxygen atoms in total. The summed E-state index contributed by atoms with van der Waals surface area (Å²) in [7, 11) is -7.01. The highest BCUT2D eigenvalue weighted by molar-refractivity contribution is 7.93. The predicted molar refractivity (Wildman–Crippen MR) is 66.5 cm³/mol. The number of hydrogen-bond acceptors (Lipinski definition) is 4. The van der Waals surface area contributed by atoms with Crippen LogP contribution in [-0.4, -0.2) is 51.9 Å². The topological polar surface area (TPSA) is 80.3 Å². The van der Waals surface area contributed by atoms with Gasteiger partial charge in [-0.25, -0.2) is 21.6 Å². The van der Waals surface area contributed by atoms with Crippen LogP contribution in [0.1, 0.15) is 6.92 Å². The van der Waals surface area contributed by atoms with Crippen LogP contribution < -0.4 is 4.72 Å². The Morgan fingerprint density at radius 3 is 1.81 bits per heavy atom. The summed E-state index contributed by atoms with van der Waals surface area (Å²) in [6.07, 6.45) is 0.977. The fraction of sp³-hybridized carbons (Fsp3) is 1.00. The highest BCUT2D eigenvalue weighted by Gasteiger charge is 2.28. The molecule has 0 heterocycles. The average molecular weight is 312 g/mol. The molecule has 0 saturated carbocycles. The third kappa shape index (κ3) is 6.90. The van der Waals surface area contributed by atoms with Gasteiger partial charge in [0.15, 0.2) is 0 Å². The second-order valence-corrected chi connectivity index (χ2v) is 8.51. The molecule has 0 bridgehead atoms. The van der Waals surface area contributed by atoms with E-state index in [-0.39, 0.29) is 11.8 Å². The van der Waals surface area contributed by atoms with E-state index in [0.29, 0.717) is 0 Å². The van der Waals surface area contributed by atoms with E-state index in [1.165, 1.54) is 0 Å². The second-order valence-electron chi connectivity index (χ2n) is 3.88. The van der Waals surface area contributed by atoms with Crippen LogP contribution in [0, 0.1) is 0 Å². The van der Waals surface area contributed by atoms with Crippen LogP contribution in [0.15, 0.2) is 0 Å². The Morgan fingerprint density at radius 1 is 1.06 bits per heavy atom. The van der Waals surface area contributed by atoms with Gasteiger partial charge in [0.05, 0.1) is 17.0 Å². The van der Waals surface area contributed by atoms with Crippen LogP contribution in [0.3, 0.4) is 0 Å². The number of rotatable bonds is 7. The summed E-state index contributed by atoms with van der Waals surface area (Å²) in [5.41, 5.74) is -0.959. The molecule has 0 unspecified atom stereocenters. The summed E-state index contributed by atoms with van der Waals surface area (Å²) in [6, 6.07) is 0. The third-order valence-electron chi connectivity index (χ3n) is 1.71. The van der Waals surface area contributed by atoms with Crippen molar-refractivity contribution in [2.75, 3.05) is 29.5 Å². The smallest absolute Gasteiger partial charge is 0.213 e. The van der Waals surface area contributed by atoms with E-state index < -0.39 is 36.9 Å².